The molecule has 1 fully saturated rings. The van der Waals surface area contributed by atoms with E-state index in [1.54, 1.807) is 6.20 Å². The van der Waals surface area contributed by atoms with Crippen LogP contribution in [0, 0.1) is 0 Å². The Labute approximate surface area is 108 Å². The standard InChI is InChI=1S/C14H21N3O/c1-2-14(8-5-10-17-14)13(18)16-11-7-12-6-3-4-9-15-12/h3-4,6,9,17H,2,5,7-8,10-11H2,1H3,(H,16,18). The van der Waals surface area contributed by atoms with Gasteiger partial charge in [-0.25, -0.2) is 0 Å². The van der Waals surface area contributed by atoms with Gasteiger partial charge in [0.2, 0.25) is 5.91 Å². The smallest absolute Gasteiger partial charge is 0.240 e. The molecule has 4 heteroatoms. The van der Waals surface area contributed by atoms with Gasteiger partial charge in [-0.3, -0.25) is 9.78 Å². The van der Waals surface area contributed by atoms with E-state index in [1.807, 2.05) is 18.2 Å². The van der Waals surface area contributed by atoms with Crippen molar-refractivity contribution in [2.75, 3.05) is 13.1 Å². The molecule has 0 aliphatic carbocycles. The van der Waals surface area contributed by atoms with Crippen molar-refractivity contribution in [1.82, 2.24) is 15.6 Å². The monoisotopic (exact) mass is 247 g/mol. The van der Waals surface area contributed by atoms with Crippen molar-refractivity contribution in [3.63, 3.8) is 0 Å². The average Bonchev–Trinajstić information content (AvgIpc) is 2.90. The summed E-state index contributed by atoms with van der Waals surface area (Å²) in [6.07, 6.45) is 5.44. The Kier molecular flexibility index (Phi) is 4.31. The highest BCUT2D eigenvalue weighted by atomic mass is 16.2. The fourth-order valence-electron chi connectivity index (χ4n) is 2.48. The number of nitrogens with zero attached hydrogens (tertiary/aromatic N) is 1. The van der Waals surface area contributed by atoms with Crippen LogP contribution < -0.4 is 10.6 Å². The van der Waals surface area contributed by atoms with Crippen molar-refractivity contribution in [3.05, 3.63) is 30.1 Å². The fraction of sp³-hybridized carbons (Fsp3) is 0.571. The molecule has 0 spiro atoms. The van der Waals surface area contributed by atoms with E-state index >= 15 is 0 Å². The molecule has 1 aliphatic heterocycles. The Balaban J connectivity index is 1.81. The summed E-state index contributed by atoms with van der Waals surface area (Å²) >= 11 is 0. The topological polar surface area (TPSA) is 54.0 Å². The molecule has 4 nitrogen and oxygen atoms in total. The molecule has 1 unspecified atom stereocenters. The Morgan fingerprint density at radius 2 is 2.44 bits per heavy atom. The summed E-state index contributed by atoms with van der Waals surface area (Å²) in [5, 5.41) is 6.36. The van der Waals surface area contributed by atoms with E-state index in [0.717, 1.165) is 37.9 Å². The number of carbonyl (C=O) groups is 1. The van der Waals surface area contributed by atoms with E-state index in [4.69, 9.17) is 0 Å². The van der Waals surface area contributed by atoms with Gasteiger partial charge in [-0.05, 0) is 37.9 Å². The molecule has 1 aliphatic rings. The molecule has 1 aromatic heterocycles. The van der Waals surface area contributed by atoms with E-state index in [0.29, 0.717) is 6.54 Å². The van der Waals surface area contributed by atoms with Crippen LogP contribution in [0.3, 0.4) is 0 Å². The number of hydrogen-bond donors (Lipinski definition) is 2. The largest absolute Gasteiger partial charge is 0.354 e. The summed E-state index contributed by atoms with van der Waals surface area (Å²) in [5.41, 5.74) is 0.687. The van der Waals surface area contributed by atoms with Crippen molar-refractivity contribution in [1.29, 1.82) is 0 Å². The van der Waals surface area contributed by atoms with E-state index in [-0.39, 0.29) is 11.4 Å². The van der Waals surface area contributed by atoms with Crippen LogP contribution in [0.15, 0.2) is 24.4 Å². The van der Waals surface area contributed by atoms with E-state index in [1.165, 1.54) is 0 Å². The molecule has 0 bridgehead atoms. The van der Waals surface area contributed by atoms with Crippen LogP contribution >= 0.6 is 0 Å². The molecule has 0 radical (unpaired) electrons. The van der Waals surface area contributed by atoms with Crippen molar-refractivity contribution < 1.29 is 4.79 Å². The third-order valence-corrected chi connectivity index (χ3v) is 3.67. The third kappa shape index (κ3) is 2.88. The summed E-state index contributed by atoms with van der Waals surface area (Å²) < 4.78 is 0. The van der Waals surface area contributed by atoms with Gasteiger partial charge in [0, 0.05) is 24.9 Å². The van der Waals surface area contributed by atoms with Crippen LogP contribution in [0.1, 0.15) is 31.9 Å². The number of amides is 1. The molecule has 2 N–H and O–H groups in total. The number of pyridine rings is 1. The normalized spacial score (nSPS) is 22.9. The summed E-state index contributed by atoms with van der Waals surface area (Å²) in [7, 11) is 0. The molecule has 1 saturated heterocycles. The van der Waals surface area contributed by atoms with Gasteiger partial charge >= 0.3 is 0 Å². The van der Waals surface area contributed by atoms with Gasteiger partial charge in [0.1, 0.15) is 0 Å². The quantitative estimate of drug-likeness (QED) is 0.824. The molecule has 2 rings (SSSR count). The molecule has 98 valence electrons. The molecule has 0 saturated carbocycles. The Morgan fingerprint density at radius 1 is 1.56 bits per heavy atom. The highest BCUT2D eigenvalue weighted by molar-refractivity contribution is 5.86. The summed E-state index contributed by atoms with van der Waals surface area (Å²) in [4.78, 5) is 16.4. The van der Waals surface area contributed by atoms with Gasteiger partial charge in [-0.15, -0.1) is 0 Å². The number of nitrogens with one attached hydrogen (secondary N) is 2. The first-order valence-electron chi connectivity index (χ1n) is 6.70. The van der Waals surface area contributed by atoms with Crippen molar-refractivity contribution in [2.24, 2.45) is 0 Å². The number of hydrogen-bond acceptors (Lipinski definition) is 3. The molecule has 2 heterocycles. The third-order valence-electron chi connectivity index (χ3n) is 3.67. The predicted molar refractivity (Wildman–Crippen MR) is 71.2 cm³/mol. The molecule has 18 heavy (non-hydrogen) atoms. The maximum atomic E-state index is 12.2. The van der Waals surface area contributed by atoms with Crippen LogP contribution in [-0.4, -0.2) is 29.5 Å². The average molecular weight is 247 g/mol. The van der Waals surface area contributed by atoms with Gasteiger partial charge in [-0.1, -0.05) is 13.0 Å². The number of aromatic nitrogens is 1. The van der Waals surface area contributed by atoms with Gasteiger partial charge < -0.3 is 10.6 Å². The van der Waals surface area contributed by atoms with Gasteiger partial charge in [0.25, 0.3) is 0 Å². The minimum Gasteiger partial charge on any atom is -0.354 e. The highest BCUT2D eigenvalue weighted by Gasteiger charge is 2.38. The summed E-state index contributed by atoms with van der Waals surface area (Å²) in [5.74, 6) is 0.137. The first kappa shape index (κ1) is 13.0. The second-order valence-electron chi connectivity index (χ2n) is 4.79. The maximum absolute atomic E-state index is 12.2. The lowest BCUT2D eigenvalue weighted by atomic mass is 9.93. The SMILES string of the molecule is CCC1(C(=O)NCCc2ccccn2)CCCN1. The Morgan fingerprint density at radius 3 is 3.06 bits per heavy atom. The summed E-state index contributed by atoms with van der Waals surface area (Å²) in [6, 6.07) is 5.85. The molecule has 0 aromatic carbocycles. The molecule has 1 amide bonds. The van der Waals surface area contributed by atoms with Crippen molar-refractivity contribution >= 4 is 5.91 Å². The first-order chi connectivity index (χ1) is 8.77. The molecule has 1 aromatic rings. The number of carbonyl (C=O) groups excluding carboxylic acids is 1. The second kappa shape index (κ2) is 5.96. The zero-order chi connectivity index (χ0) is 12.8. The lowest BCUT2D eigenvalue weighted by Gasteiger charge is -2.26. The number of rotatable bonds is 5. The van der Waals surface area contributed by atoms with E-state index < -0.39 is 0 Å². The van der Waals surface area contributed by atoms with Gasteiger partial charge in [-0.2, -0.15) is 0 Å². The van der Waals surface area contributed by atoms with Crippen molar-refractivity contribution in [3.8, 4) is 0 Å². The van der Waals surface area contributed by atoms with Gasteiger partial charge in [0.15, 0.2) is 0 Å². The molecular formula is C14H21N3O. The molecule has 1 atom stereocenters. The lowest BCUT2D eigenvalue weighted by Crippen LogP contribution is -2.53. The lowest BCUT2D eigenvalue weighted by molar-refractivity contribution is -0.127. The highest BCUT2D eigenvalue weighted by Crippen LogP contribution is 2.22. The Bertz CT molecular complexity index is 385. The van der Waals surface area contributed by atoms with Crippen LogP contribution in [0.4, 0.5) is 0 Å². The zero-order valence-electron chi connectivity index (χ0n) is 10.9. The second-order valence-corrected chi connectivity index (χ2v) is 4.79. The minimum atomic E-state index is -0.329. The minimum absolute atomic E-state index is 0.137. The van der Waals surface area contributed by atoms with Crippen LogP contribution in [-0.2, 0) is 11.2 Å². The van der Waals surface area contributed by atoms with E-state index in [9.17, 15) is 4.79 Å². The van der Waals surface area contributed by atoms with Crippen molar-refractivity contribution in [2.45, 2.75) is 38.1 Å². The fourth-order valence-corrected chi connectivity index (χ4v) is 2.48. The Hall–Kier alpha value is -1.42. The van der Waals surface area contributed by atoms with Crippen LogP contribution in [0.2, 0.25) is 0 Å². The van der Waals surface area contributed by atoms with Crippen LogP contribution in [0.5, 0.6) is 0 Å². The summed E-state index contributed by atoms with van der Waals surface area (Å²) in [6.45, 7) is 3.66. The molecular weight excluding hydrogens is 226 g/mol. The van der Waals surface area contributed by atoms with E-state index in [2.05, 4.69) is 22.5 Å². The zero-order valence-corrected chi connectivity index (χ0v) is 10.9. The van der Waals surface area contributed by atoms with Gasteiger partial charge in [0.05, 0.1) is 5.54 Å². The predicted octanol–water partition coefficient (Wildman–Crippen LogP) is 1.27. The van der Waals surface area contributed by atoms with Crippen LogP contribution in [0.25, 0.3) is 0 Å². The maximum Gasteiger partial charge on any atom is 0.240 e. The first-order valence-corrected chi connectivity index (χ1v) is 6.70.